The highest BCUT2D eigenvalue weighted by Gasteiger charge is 2.20. The Morgan fingerprint density at radius 1 is 0.436 bits per heavy atom. The number of nitrogens with zero attached hydrogens (tertiary/aromatic N) is 1. The maximum Gasteiger partial charge on any atom is 0.472 e. The van der Waals surface area contributed by atoms with Crippen LogP contribution in [-0.4, -0.2) is 42.6 Å². The zero-order valence-corrected chi connectivity index (χ0v) is 27.7. The first-order valence-corrected chi connectivity index (χ1v) is 18.9. The summed E-state index contributed by atoms with van der Waals surface area (Å²) in [7, 11) is -3.91. The van der Waals surface area contributed by atoms with Crippen molar-refractivity contribution in [2.24, 2.45) is 0 Å². The average molecular weight is 576 g/mol. The van der Waals surface area contributed by atoms with Crippen molar-refractivity contribution < 1.29 is 18.5 Å². The Bertz CT molecular complexity index is 500. The number of hydrogen-bond acceptors (Lipinski definition) is 4. The molecule has 0 aromatic carbocycles. The number of rotatable bonds is 33. The molecule has 1 unspecified atom stereocenters. The predicted octanol–water partition coefficient (Wildman–Crippen LogP) is 11.2. The minimum atomic E-state index is -3.91. The quantitative estimate of drug-likeness (QED) is 0.0623. The van der Waals surface area contributed by atoms with Gasteiger partial charge in [-0.25, -0.2) is 4.57 Å². The lowest BCUT2D eigenvalue weighted by molar-refractivity contribution is 0.143. The van der Waals surface area contributed by atoms with Gasteiger partial charge in [-0.15, -0.1) is 0 Å². The first kappa shape index (κ1) is 39.1. The van der Waals surface area contributed by atoms with Crippen molar-refractivity contribution in [2.45, 2.75) is 181 Å². The van der Waals surface area contributed by atoms with Crippen LogP contribution in [0.2, 0.25) is 0 Å². The number of unbranched alkanes of at least 4 members (excludes halogenated alkanes) is 21. The first-order chi connectivity index (χ1) is 19.1. The van der Waals surface area contributed by atoms with Crippen LogP contribution >= 0.6 is 7.82 Å². The van der Waals surface area contributed by atoms with Gasteiger partial charge in [0.1, 0.15) is 0 Å². The van der Waals surface area contributed by atoms with Crippen LogP contribution in [0.3, 0.4) is 0 Å². The smallest absolute Gasteiger partial charge is 0.303 e. The molecule has 0 rings (SSSR count). The molecular formula is C33H70NO4P. The van der Waals surface area contributed by atoms with Gasteiger partial charge < -0.3 is 9.79 Å². The highest BCUT2D eigenvalue weighted by atomic mass is 31.2. The van der Waals surface area contributed by atoms with Crippen LogP contribution in [0.1, 0.15) is 181 Å². The van der Waals surface area contributed by atoms with Crippen molar-refractivity contribution in [2.75, 3.05) is 32.8 Å². The summed E-state index contributed by atoms with van der Waals surface area (Å²) < 4.78 is 22.6. The van der Waals surface area contributed by atoms with E-state index in [9.17, 15) is 9.46 Å². The van der Waals surface area contributed by atoms with E-state index in [1.165, 1.54) is 148 Å². The molecule has 39 heavy (non-hydrogen) atoms. The molecule has 0 heterocycles. The molecule has 0 amide bonds. The van der Waals surface area contributed by atoms with Crippen LogP contribution in [0.25, 0.3) is 0 Å². The molecular weight excluding hydrogens is 505 g/mol. The Morgan fingerprint density at radius 2 is 0.692 bits per heavy atom. The van der Waals surface area contributed by atoms with Gasteiger partial charge in [-0.2, -0.15) is 0 Å². The Hall–Kier alpha value is 0.0700. The van der Waals surface area contributed by atoms with Gasteiger partial charge in [0.15, 0.2) is 0 Å². The summed E-state index contributed by atoms with van der Waals surface area (Å²) in [6.07, 6.45) is 31.7. The third-order valence-electron chi connectivity index (χ3n) is 7.78. The van der Waals surface area contributed by atoms with E-state index in [1.54, 1.807) is 0 Å². The van der Waals surface area contributed by atoms with Gasteiger partial charge >= 0.3 is 7.82 Å². The van der Waals surface area contributed by atoms with Crippen molar-refractivity contribution in [3.63, 3.8) is 0 Å². The van der Waals surface area contributed by atoms with Crippen LogP contribution in [-0.2, 0) is 13.6 Å². The highest BCUT2D eigenvalue weighted by Crippen LogP contribution is 2.43. The molecule has 0 aliphatic carbocycles. The summed E-state index contributed by atoms with van der Waals surface area (Å²) in [5.74, 6) is 0. The van der Waals surface area contributed by atoms with Crippen LogP contribution in [0, 0.1) is 0 Å². The fourth-order valence-electron chi connectivity index (χ4n) is 5.17. The second-order valence-corrected chi connectivity index (χ2v) is 13.2. The Labute approximate surface area is 245 Å². The van der Waals surface area contributed by atoms with Gasteiger partial charge in [-0.05, 0) is 51.7 Å². The fraction of sp³-hybridized carbons (Fsp3) is 1.00. The van der Waals surface area contributed by atoms with Gasteiger partial charge in [0.2, 0.25) is 0 Å². The van der Waals surface area contributed by atoms with Crippen LogP contribution in [0.4, 0.5) is 0 Å². The molecule has 0 aliphatic heterocycles. The molecule has 0 aliphatic rings. The second-order valence-electron chi connectivity index (χ2n) is 11.8. The molecule has 1 N–H and O–H groups in total. The third kappa shape index (κ3) is 30.8. The van der Waals surface area contributed by atoms with Gasteiger partial charge in [0.25, 0.3) is 0 Å². The summed E-state index contributed by atoms with van der Waals surface area (Å²) in [5, 5.41) is 0. The van der Waals surface area contributed by atoms with Crippen molar-refractivity contribution in [3.8, 4) is 0 Å². The Morgan fingerprint density at radius 3 is 1.05 bits per heavy atom. The molecule has 6 heteroatoms. The van der Waals surface area contributed by atoms with Crippen molar-refractivity contribution >= 4 is 7.82 Å². The fourth-order valence-corrected chi connectivity index (χ4v) is 5.96. The minimum Gasteiger partial charge on any atom is -0.303 e. The van der Waals surface area contributed by atoms with Crippen molar-refractivity contribution in [1.29, 1.82) is 0 Å². The molecule has 0 saturated carbocycles. The maximum atomic E-state index is 12.2. The molecule has 5 nitrogen and oxygen atoms in total. The SMILES string of the molecule is CCCCCCCCCCN(CCCCCCCCCC)CCCCOP(=O)(O)OCCCCCCCCC. The lowest BCUT2D eigenvalue weighted by Crippen LogP contribution is -2.27. The summed E-state index contributed by atoms with van der Waals surface area (Å²) in [5.41, 5.74) is 0. The van der Waals surface area contributed by atoms with Crippen LogP contribution in [0.15, 0.2) is 0 Å². The Kier molecular flexibility index (Phi) is 31.1. The van der Waals surface area contributed by atoms with E-state index in [0.717, 1.165) is 32.2 Å². The zero-order chi connectivity index (χ0) is 28.7. The van der Waals surface area contributed by atoms with E-state index in [-0.39, 0.29) is 0 Å². The standard InChI is InChI=1S/C33H70NO4P/c1-4-7-10-13-16-18-21-24-29-34(30-25-22-19-17-14-11-8-5-2)31-26-28-33-38-39(35,36)37-32-27-23-20-15-12-9-6-3/h4-33H2,1-3H3,(H,35,36). The van der Waals surface area contributed by atoms with Gasteiger partial charge in [0, 0.05) is 0 Å². The van der Waals surface area contributed by atoms with Gasteiger partial charge in [-0.3, -0.25) is 9.05 Å². The molecule has 0 aromatic heterocycles. The molecule has 0 bridgehead atoms. The molecule has 1 atom stereocenters. The Balaban J connectivity index is 4.05. The molecule has 0 radical (unpaired) electrons. The summed E-state index contributed by atoms with van der Waals surface area (Å²) in [6, 6.07) is 0. The van der Waals surface area contributed by atoms with Gasteiger partial charge in [-0.1, -0.05) is 149 Å². The minimum absolute atomic E-state index is 0.300. The monoisotopic (exact) mass is 576 g/mol. The topological polar surface area (TPSA) is 59.0 Å². The summed E-state index contributed by atoms with van der Waals surface area (Å²) >= 11 is 0. The second kappa shape index (κ2) is 31.0. The lowest BCUT2D eigenvalue weighted by atomic mass is 10.1. The normalized spacial score (nSPS) is 13.4. The highest BCUT2D eigenvalue weighted by molar-refractivity contribution is 7.47. The van der Waals surface area contributed by atoms with E-state index in [4.69, 9.17) is 9.05 Å². The molecule has 0 aromatic rings. The number of phosphoric acid groups is 1. The van der Waals surface area contributed by atoms with Gasteiger partial charge in [0.05, 0.1) is 13.2 Å². The molecule has 0 fully saturated rings. The molecule has 0 saturated heterocycles. The average Bonchev–Trinajstić information content (AvgIpc) is 2.92. The van der Waals surface area contributed by atoms with Crippen molar-refractivity contribution in [1.82, 2.24) is 4.90 Å². The van der Waals surface area contributed by atoms with Crippen LogP contribution in [0.5, 0.6) is 0 Å². The maximum absolute atomic E-state index is 12.2. The number of phosphoric ester groups is 1. The molecule has 0 spiro atoms. The van der Waals surface area contributed by atoms with E-state index >= 15 is 0 Å². The van der Waals surface area contributed by atoms with E-state index in [2.05, 4.69) is 25.7 Å². The van der Waals surface area contributed by atoms with E-state index < -0.39 is 7.82 Å². The van der Waals surface area contributed by atoms with Crippen LogP contribution < -0.4 is 0 Å². The van der Waals surface area contributed by atoms with Crippen molar-refractivity contribution in [3.05, 3.63) is 0 Å². The largest absolute Gasteiger partial charge is 0.472 e. The first-order valence-electron chi connectivity index (χ1n) is 17.4. The number of hydrogen-bond donors (Lipinski definition) is 1. The zero-order valence-electron chi connectivity index (χ0n) is 26.8. The lowest BCUT2D eigenvalue weighted by Gasteiger charge is -2.22. The predicted molar refractivity (Wildman–Crippen MR) is 171 cm³/mol. The summed E-state index contributed by atoms with van der Waals surface area (Å²) in [4.78, 5) is 12.6. The molecule has 236 valence electrons. The summed E-state index contributed by atoms with van der Waals surface area (Å²) in [6.45, 7) is 10.8. The van der Waals surface area contributed by atoms with E-state index in [1.807, 2.05) is 0 Å². The third-order valence-corrected chi connectivity index (χ3v) is 8.80. The van der Waals surface area contributed by atoms with E-state index in [0.29, 0.717) is 13.2 Å².